The monoisotopic (exact) mass is 247 g/mol. The van der Waals surface area contributed by atoms with E-state index in [4.69, 9.17) is 4.74 Å². The van der Waals surface area contributed by atoms with Crippen molar-refractivity contribution in [3.8, 4) is 0 Å². The number of rotatable bonds is 5. The fourth-order valence-corrected chi connectivity index (χ4v) is 2.25. The maximum atomic E-state index is 12.1. The maximum absolute atomic E-state index is 12.1. The van der Waals surface area contributed by atoms with E-state index in [1.54, 1.807) is 0 Å². The number of aryl methyl sites for hydroxylation is 1. The van der Waals surface area contributed by atoms with Gasteiger partial charge >= 0.3 is 0 Å². The van der Waals surface area contributed by atoms with Gasteiger partial charge in [0.15, 0.2) is 5.78 Å². The van der Waals surface area contributed by atoms with Crippen LogP contribution in [-0.4, -0.2) is 32.1 Å². The molecule has 1 unspecified atom stereocenters. The average Bonchev–Trinajstić information content (AvgIpc) is 2.91. The maximum Gasteiger partial charge on any atom is 0.157 e. The molecule has 0 aromatic heterocycles. The minimum Gasteiger partial charge on any atom is -0.381 e. The largest absolute Gasteiger partial charge is 0.381 e. The van der Waals surface area contributed by atoms with Gasteiger partial charge in [-0.3, -0.25) is 4.79 Å². The van der Waals surface area contributed by atoms with Gasteiger partial charge in [0.1, 0.15) is 0 Å². The molecule has 1 aromatic carbocycles. The van der Waals surface area contributed by atoms with Gasteiger partial charge in [-0.25, -0.2) is 0 Å². The summed E-state index contributed by atoms with van der Waals surface area (Å²) in [6.07, 6.45) is 0.879. The number of Topliss-reactive ketones (excluding diaryl/α,β-unsaturated/α-hetero) is 1. The Labute approximate surface area is 109 Å². The number of ketones is 1. The third-order valence-electron chi connectivity index (χ3n) is 3.51. The van der Waals surface area contributed by atoms with Crippen molar-refractivity contribution in [2.75, 3.05) is 31.2 Å². The lowest BCUT2D eigenvalue weighted by Gasteiger charge is -2.23. The van der Waals surface area contributed by atoms with Gasteiger partial charge in [-0.1, -0.05) is 17.7 Å². The molecule has 0 bridgehead atoms. The molecule has 1 aliphatic heterocycles. The second-order valence-electron chi connectivity index (χ2n) is 4.88. The minimum atomic E-state index is 0.101. The molecule has 0 N–H and O–H groups in total. The van der Waals surface area contributed by atoms with Gasteiger partial charge in [-0.2, -0.15) is 0 Å². The Bertz CT molecular complexity index is 393. The highest BCUT2D eigenvalue weighted by atomic mass is 16.5. The summed E-state index contributed by atoms with van der Waals surface area (Å²) in [5.74, 6) is 0.402. The second kappa shape index (κ2) is 6.01. The van der Waals surface area contributed by atoms with Crippen LogP contribution in [0.25, 0.3) is 0 Å². The first-order valence-corrected chi connectivity index (χ1v) is 6.62. The number of benzene rings is 1. The number of likely N-dealkylation sites (N-methyl/N-ethyl adjacent to an activating group) is 1. The van der Waals surface area contributed by atoms with E-state index in [-0.39, 0.29) is 5.92 Å². The normalized spacial score (nSPS) is 18.9. The van der Waals surface area contributed by atoms with Crippen molar-refractivity contribution in [2.45, 2.75) is 20.3 Å². The fraction of sp³-hybridized carbons (Fsp3) is 0.533. The van der Waals surface area contributed by atoms with Crippen LogP contribution in [0, 0.1) is 12.8 Å². The van der Waals surface area contributed by atoms with Gasteiger partial charge < -0.3 is 9.64 Å². The zero-order valence-electron chi connectivity index (χ0n) is 11.2. The van der Waals surface area contributed by atoms with Gasteiger partial charge in [0.25, 0.3) is 0 Å². The Morgan fingerprint density at radius 1 is 1.39 bits per heavy atom. The van der Waals surface area contributed by atoms with E-state index in [2.05, 4.69) is 43.0 Å². The number of anilines is 1. The Balaban J connectivity index is 2.00. The first-order valence-electron chi connectivity index (χ1n) is 6.62. The molecular weight excluding hydrogens is 226 g/mol. The van der Waals surface area contributed by atoms with Crippen LogP contribution >= 0.6 is 0 Å². The molecule has 1 aliphatic rings. The van der Waals surface area contributed by atoms with E-state index in [9.17, 15) is 4.79 Å². The van der Waals surface area contributed by atoms with Crippen LogP contribution in [-0.2, 0) is 9.53 Å². The van der Waals surface area contributed by atoms with E-state index in [1.165, 1.54) is 5.56 Å². The molecule has 3 heteroatoms. The summed E-state index contributed by atoms with van der Waals surface area (Å²) in [6, 6.07) is 8.33. The third kappa shape index (κ3) is 3.10. The molecule has 18 heavy (non-hydrogen) atoms. The van der Waals surface area contributed by atoms with Crippen LogP contribution in [0.2, 0.25) is 0 Å². The van der Waals surface area contributed by atoms with E-state index in [0.29, 0.717) is 18.9 Å². The number of carbonyl (C=O) groups is 1. The van der Waals surface area contributed by atoms with Crippen molar-refractivity contribution in [2.24, 2.45) is 5.92 Å². The van der Waals surface area contributed by atoms with Gasteiger partial charge in [-0.05, 0) is 32.4 Å². The Morgan fingerprint density at radius 2 is 2.11 bits per heavy atom. The Hall–Kier alpha value is -1.35. The molecule has 3 nitrogen and oxygen atoms in total. The molecular formula is C15H21NO2. The van der Waals surface area contributed by atoms with Gasteiger partial charge in [0.05, 0.1) is 13.2 Å². The minimum absolute atomic E-state index is 0.101. The number of hydrogen-bond donors (Lipinski definition) is 0. The molecule has 0 radical (unpaired) electrons. The number of ether oxygens (including phenoxy) is 1. The number of carbonyl (C=O) groups excluding carboxylic acids is 1. The van der Waals surface area contributed by atoms with E-state index in [0.717, 1.165) is 25.3 Å². The van der Waals surface area contributed by atoms with Crippen LogP contribution in [0.15, 0.2) is 24.3 Å². The van der Waals surface area contributed by atoms with Crippen molar-refractivity contribution < 1.29 is 9.53 Å². The summed E-state index contributed by atoms with van der Waals surface area (Å²) < 4.78 is 5.28. The summed E-state index contributed by atoms with van der Waals surface area (Å²) in [7, 11) is 0. The first-order chi connectivity index (χ1) is 8.70. The lowest BCUT2D eigenvalue weighted by atomic mass is 10.0. The van der Waals surface area contributed by atoms with E-state index < -0.39 is 0 Å². The molecule has 0 aliphatic carbocycles. The number of nitrogens with zero attached hydrogens (tertiary/aromatic N) is 1. The predicted molar refractivity (Wildman–Crippen MR) is 73.0 cm³/mol. The van der Waals surface area contributed by atoms with Crippen molar-refractivity contribution >= 4 is 11.5 Å². The van der Waals surface area contributed by atoms with E-state index >= 15 is 0 Å². The molecule has 0 spiro atoms. The summed E-state index contributed by atoms with van der Waals surface area (Å²) in [5, 5.41) is 0. The molecule has 1 atom stereocenters. The molecule has 2 rings (SSSR count). The highest BCUT2D eigenvalue weighted by Gasteiger charge is 2.24. The summed E-state index contributed by atoms with van der Waals surface area (Å²) in [4.78, 5) is 14.3. The Kier molecular flexibility index (Phi) is 4.37. The molecule has 0 amide bonds. The number of hydrogen-bond acceptors (Lipinski definition) is 3. The van der Waals surface area contributed by atoms with Crippen LogP contribution in [0.5, 0.6) is 0 Å². The Morgan fingerprint density at radius 3 is 2.67 bits per heavy atom. The summed E-state index contributed by atoms with van der Waals surface area (Å²) in [6.45, 7) is 6.83. The first kappa shape index (κ1) is 13.1. The van der Waals surface area contributed by atoms with Gasteiger partial charge in [0, 0.05) is 24.8 Å². The summed E-state index contributed by atoms with van der Waals surface area (Å²) >= 11 is 0. The van der Waals surface area contributed by atoms with Crippen molar-refractivity contribution in [3.63, 3.8) is 0 Å². The van der Waals surface area contributed by atoms with Crippen LogP contribution < -0.4 is 4.90 Å². The van der Waals surface area contributed by atoms with E-state index in [1.807, 2.05) is 0 Å². The van der Waals surface area contributed by atoms with Gasteiger partial charge in [-0.15, -0.1) is 0 Å². The van der Waals surface area contributed by atoms with Crippen molar-refractivity contribution in [1.29, 1.82) is 0 Å². The second-order valence-corrected chi connectivity index (χ2v) is 4.88. The quantitative estimate of drug-likeness (QED) is 0.800. The van der Waals surface area contributed by atoms with Crippen LogP contribution in [0.4, 0.5) is 5.69 Å². The lowest BCUT2D eigenvalue weighted by Crippen LogP contribution is -2.33. The lowest BCUT2D eigenvalue weighted by molar-refractivity contribution is -0.121. The smallest absolute Gasteiger partial charge is 0.157 e. The SMILES string of the molecule is CCN(CC(=O)C1CCOC1)c1ccc(C)cc1. The standard InChI is InChI=1S/C15H21NO2/c1-3-16(14-6-4-12(2)5-7-14)10-15(17)13-8-9-18-11-13/h4-7,13H,3,8-11H2,1-2H3. The molecule has 1 saturated heterocycles. The molecule has 1 fully saturated rings. The van der Waals surface area contributed by atoms with Crippen LogP contribution in [0.1, 0.15) is 18.9 Å². The zero-order valence-corrected chi connectivity index (χ0v) is 11.2. The van der Waals surface area contributed by atoms with Gasteiger partial charge in [0.2, 0.25) is 0 Å². The third-order valence-corrected chi connectivity index (χ3v) is 3.51. The predicted octanol–water partition coefficient (Wildman–Crippen LogP) is 2.43. The zero-order chi connectivity index (χ0) is 13.0. The molecule has 0 saturated carbocycles. The molecule has 1 heterocycles. The average molecular weight is 247 g/mol. The van der Waals surface area contributed by atoms with Crippen molar-refractivity contribution in [1.82, 2.24) is 0 Å². The highest BCUT2D eigenvalue weighted by Crippen LogP contribution is 2.18. The highest BCUT2D eigenvalue weighted by molar-refractivity contribution is 5.86. The van der Waals surface area contributed by atoms with Crippen LogP contribution in [0.3, 0.4) is 0 Å². The summed E-state index contributed by atoms with van der Waals surface area (Å²) in [5.41, 5.74) is 2.36. The fourth-order valence-electron chi connectivity index (χ4n) is 2.25. The van der Waals surface area contributed by atoms with Crippen molar-refractivity contribution in [3.05, 3.63) is 29.8 Å². The molecule has 1 aromatic rings. The molecule has 98 valence electrons. The topological polar surface area (TPSA) is 29.5 Å².